The molecule has 1 amide bonds. The van der Waals surface area contributed by atoms with Gasteiger partial charge in [0, 0.05) is 15.8 Å². The maximum Gasteiger partial charge on any atom is 0.244 e. The fraction of sp³-hybridized carbons (Fsp3) is 0.111. The summed E-state index contributed by atoms with van der Waals surface area (Å²) in [7, 11) is 0. The van der Waals surface area contributed by atoms with Gasteiger partial charge in [-0.3, -0.25) is 4.79 Å². The molecule has 4 rings (SSSR count). The number of thiophene rings is 2. The van der Waals surface area contributed by atoms with E-state index in [1.807, 2.05) is 64.7 Å². The highest BCUT2D eigenvalue weighted by atomic mass is 32.1. The van der Waals surface area contributed by atoms with E-state index in [9.17, 15) is 4.79 Å². The van der Waals surface area contributed by atoms with E-state index in [-0.39, 0.29) is 18.5 Å². The van der Waals surface area contributed by atoms with Crippen LogP contribution in [-0.2, 0) is 11.3 Å². The second-order valence-corrected chi connectivity index (χ2v) is 7.34. The lowest BCUT2D eigenvalue weighted by molar-refractivity contribution is -0.122. The Morgan fingerprint density at radius 1 is 1.12 bits per heavy atom. The molecule has 26 heavy (non-hydrogen) atoms. The minimum Gasteiger partial charge on any atom is -0.343 e. The van der Waals surface area contributed by atoms with E-state index in [0.29, 0.717) is 5.82 Å². The van der Waals surface area contributed by atoms with Gasteiger partial charge in [-0.05, 0) is 33.7 Å². The van der Waals surface area contributed by atoms with Gasteiger partial charge < -0.3 is 5.32 Å². The zero-order valence-corrected chi connectivity index (χ0v) is 15.3. The van der Waals surface area contributed by atoms with Crippen molar-refractivity contribution in [3.8, 4) is 11.4 Å². The standard InChI is InChI=1S/C18H15N5OS2/c24-16(11-23-21-18(20-22-23)14-8-10-25-12-14)19-17(15-7-4-9-26-15)13-5-2-1-3-6-13/h1-10,12,17H,11H2,(H,19,24)/t17-/m0/s1. The summed E-state index contributed by atoms with van der Waals surface area (Å²) in [6, 6.07) is 15.6. The molecule has 0 aliphatic rings. The fourth-order valence-corrected chi connectivity index (χ4v) is 4.01. The average molecular weight is 381 g/mol. The first-order valence-electron chi connectivity index (χ1n) is 7.98. The van der Waals surface area contributed by atoms with Crippen molar-refractivity contribution in [2.75, 3.05) is 0 Å². The molecule has 6 nitrogen and oxygen atoms in total. The molecule has 0 unspecified atom stereocenters. The SMILES string of the molecule is O=C(Cn1nnc(-c2ccsc2)n1)N[C@@H](c1ccccc1)c1cccs1. The molecule has 0 saturated heterocycles. The van der Waals surface area contributed by atoms with E-state index in [0.717, 1.165) is 16.0 Å². The summed E-state index contributed by atoms with van der Waals surface area (Å²) in [5, 5.41) is 21.2. The van der Waals surface area contributed by atoms with Crippen LogP contribution in [0.1, 0.15) is 16.5 Å². The predicted molar refractivity (Wildman–Crippen MR) is 102 cm³/mol. The summed E-state index contributed by atoms with van der Waals surface area (Å²) < 4.78 is 0. The highest BCUT2D eigenvalue weighted by Gasteiger charge is 2.18. The highest BCUT2D eigenvalue weighted by molar-refractivity contribution is 7.10. The van der Waals surface area contributed by atoms with Crippen LogP contribution in [0.15, 0.2) is 64.7 Å². The zero-order valence-electron chi connectivity index (χ0n) is 13.6. The number of aromatic nitrogens is 4. The Balaban J connectivity index is 1.49. The Hall–Kier alpha value is -2.84. The van der Waals surface area contributed by atoms with Crippen molar-refractivity contribution >= 4 is 28.6 Å². The fourth-order valence-electron chi connectivity index (χ4n) is 2.57. The third kappa shape index (κ3) is 3.71. The minimum absolute atomic E-state index is 0.0197. The third-order valence-corrected chi connectivity index (χ3v) is 5.40. The van der Waals surface area contributed by atoms with Crippen molar-refractivity contribution in [1.29, 1.82) is 0 Å². The van der Waals surface area contributed by atoms with Crippen molar-refractivity contribution in [2.24, 2.45) is 0 Å². The van der Waals surface area contributed by atoms with Gasteiger partial charge in [-0.15, -0.1) is 21.5 Å². The van der Waals surface area contributed by atoms with Crippen LogP contribution in [-0.4, -0.2) is 26.1 Å². The van der Waals surface area contributed by atoms with Crippen LogP contribution in [0.4, 0.5) is 0 Å². The van der Waals surface area contributed by atoms with Crippen LogP contribution in [0.3, 0.4) is 0 Å². The van der Waals surface area contributed by atoms with Crippen molar-refractivity contribution in [1.82, 2.24) is 25.5 Å². The van der Waals surface area contributed by atoms with Gasteiger partial charge in [0.15, 0.2) is 0 Å². The van der Waals surface area contributed by atoms with Crippen LogP contribution in [0.2, 0.25) is 0 Å². The molecule has 1 N–H and O–H groups in total. The lowest BCUT2D eigenvalue weighted by Gasteiger charge is -2.17. The number of carbonyl (C=O) groups is 1. The molecule has 3 heterocycles. The lowest BCUT2D eigenvalue weighted by Crippen LogP contribution is -2.32. The van der Waals surface area contributed by atoms with Crippen LogP contribution in [0.5, 0.6) is 0 Å². The third-order valence-electron chi connectivity index (χ3n) is 3.78. The summed E-state index contributed by atoms with van der Waals surface area (Å²) in [6.45, 7) is 0.0197. The van der Waals surface area contributed by atoms with E-state index < -0.39 is 0 Å². The van der Waals surface area contributed by atoms with Gasteiger partial charge in [0.2, 0.25) is 11.7 Å². The van der Waals surface area contributed by atoms with E-state index in [1.165, 1.54) is 4.80 Å². The summed E-state index contributed by atoms with van der Waals surface area (Å²) in [6.07, 6.45) is 0. The van der Waals surface area contributed by atoms with E-state index in [1.54, 1.807) is 22.7 Å². The molecule has 130 valence electrons. The van der Waals surface area contributed by atoms with Gasteiger partial charge in [-0.25, -0.2) is 0 Å². The molecule has 0 aliphatic heterocycles. The first-order valence-corrected chi connectivity index (χ1v) is 9.80. The second kappa shape index (κ2) is 7.59. The normalized spacial score (nSPS) is 12.0. The maximum absolute atomic E-state index is 12.6. The Kier molecular flexibility index (Phi) is 4.85. The number of carbonyl (C=O) groups excluding carboxylic acids is 1. The summed E-state index contributed by atoms with van der Waals surface area (Å²) in [5.74, 6) is 0.360. The van der Waals surface area contributed by atoms with Gasteiger partial charge in [-0.2, -0.15) is 16.1 Å². The van der Waals surface area contributed by atoms with Crippen LogP contribution >= 0.6 is 22.7 Å². The quantitative estimate of drug-likeness (QED) is 0.556. The van der Waals surface area contributed by atoms with E-state index in [4.69, 9.17) is 0 Å². The van der Waals surface area contributed by atoms with Gasteiger partial charge >= 0.3 is 0 Å². The van der Waals surface area contributed by atoms with Gasteiger partial charge in [0.25, 0.3) is 0 Å². The molecule has 0 radical (unpaired) electrons. The summed E-state index contributed by atoms with van der Waals surface area (Å²) in [5.41, 5.74) is 1.94. The first kappa shape index (κ1) is 16.6. The van der Waals surface area contributed by atoms with Gasteiger partial charge in [0.1, 0.15) is 6.54 Å². The van der Waals surface area contributed by atoms with Crippen molar-refractivity contribution < 1.29 is 4.79 Å². The number of hydrogen-bond donors (Lipinski definition) is 1. The molecule has 0 aliphatic carbocycles. The summed E-state index contributed by atoms with van der Waals surface area (Å²) in [4.78, 5) is 15.0. The smallest absolute Gasteiger partial charge is 0.244 e. The maximum atomic E-state index is 12.6. The zero-order chi connectivity index (χ0) is 17.8. The molecular weight excluding hydrogens is 366 g/mol. The molecular formula is C18H15N5OS2. The molecule has 1 atom stereocenters. The van der Waals surface area contributed by atoms with Crippen LogP contribution in [0, 0.1) is 0 Å². The molecule has 0 fully saturated rings. The predicted octanol–water partition coefficient (Wildman–Crippen LogP) is 3.37. The number of nitrogens with zero attached hydrogens (tertiary/aromatic N) is 4. The molecule has 1 aromatic carbocycles. The highest BCUT2D eigenvalue weighted by Crippen LogP contribution is 2.25. The molecule has 0 saturated carbocycles. The second-order valence-electron chi connectivity index (χ2n) is 5.58. The van der Waals surface area contributed by atoms with Crippen LogP contribution < -0.4 is 5.32 Å². The van der Waals surface area contributed by atoms with Crippen molar-refractivity contribution in [3.05, 3.63) is 75.1 Å². The van der Waals surface area contributed by atoms with Crippen molar-refractivity contribution in [3.63, 3.8) is 0 Å². The van der Waals surface area contributed by atoms with Gasteiger partial charge in [0.05, 0.1) is 6.04 Å². The first-order chi connectivity index (χ1) is 12.8. The Morgan fingerprint density at radius 3 is 2.73 bits per heavy atom. The molecule has 0 bridgehead atoms. The topological polar surface area (TPSA) is 72.7 Å². The largest absolute Gasteiger partial charge is 0.343 e. The number of nitrogens with one attached hydrogen (secondary N) is 1. The van der Waals surface area contributed by atoms with Crippen LogP contribution in [0.25, 0.3) is 11.4 Å². The number of benzene rings is 1. The summed E-state index contributed by atoms with van der Waals surface area (Å²) >= 11 is 3.18. The minimum atomic E-state index is -0.191. The van der Waals surface area contributed by atoms with Crippen molar-refractivity contribution in [2.45, 2.75) is 12.6 Å². The number of rotatable bonds is 6. The monoisotopic (exact) mass is 381 g/mol. The number of amides is 1. The molecule has 3 aromatic heterocycles. The molecule has 8 heteroatoms. The Morgan fingerprint density at radius 2 is 2.00 bits per heavy atom. The van der Waals surface area contributed by atoms with Gasteiger partial charge in [-0.1, -0.05) is 36.4 Å². The molecule has 4 aromatic rings. The lowest BCUT2D eigenvalue weighted by atomic mass is 10.1. The number of hydrogen-bond acceptors (Lipinski definition) is 6. The Bertz CT molecular complexity index is 964. The van der Waals surface area contributed by atoms with E-state index in [2.05, 4.69) is 20.7 Å². The number of tetrazole rings is 1. The Labute approximate surface area is 158 Å². The average Bonchev–Trinajstić information content (AvgIpc) is 3.41. The molecule has 0 spiro atoms. The van der Waals surface area contributed by atoms with E-state index >= 15 is 0 Å².